The Morgan fingerprint density at radius 3 is 2.05 bits per heavy atom. The van der Waals surface area contributed by atoms with Crippen molar-refractivity contribution in [1.29, 1.82) is 0 Å². The second-order valence-electron chi connectivity index (χ2n) is 10.1. The minimum absolute atomic E-state index is 0.306. The number of carbonyl (C=O) groups excluding carboxylic acids is 4. The van der Waals surface area contributed by atoms with E-state index in [4.69, 9.17) is 40.0 Å². The summed E-state index contributed by atoms with van der Waals surface area (Å²) < 4.78 is 33.6. The largest absolute Gasteiger partial charge is 0.463 e. The van der Waals surface area contributed by atoms with E-state index in [0.29, 0.717) is 30.2 Å². The highest BCUT2D eigenvalue weighted by Crippen LogP contribution is 2.39. The quantitative estimate of drug-likeness (QED) is 0.138. The van der Waals surface area contributed by atoms with Crippen LogP contribution in [0.15, 0.2) is 55.1 Å². The Kier molecular flexibility index (Phi) is 12.7. The normalized spacial score (nSPS) is 21.4. The second kappa shape index (κ2) is 16.2. The number of ether oxygens (including phenoxy) is 6. The molecule has 0 N–H and O–H groups in total. The number of halogens is 1. The van der Waals surface area contributed by atoms with E-state index in [1.165, 1.54) is 27.7 Å². The van der Waals surface area contributed by atoms with Crippen LogP contribution in [0, 0.1) is 0 Å². The molecule has 43 heavy (non-hydrogen) atoms. The fraction of sp³-hybridized carbons (Fsp3) is 0.438. The zero-order chi connectivity index (χ0) is 31.5. The second-order valence-corrected chi connectivity index (χ2v) is 10.5. The number of carbonyl (C=O) groups is 4. The molecule has 1 aliphatic heterocycles. The maximum Gasteiger partial charge on any atom is 0.303 e. The van der Waals surface area contributed by atoms with Crippen LogP contribution in [-0.2, 0) is 60.4 Å². The first-order valence-corrected chi connectivity index (χ1v) is 14.2. The van der Waals surface area contributed by atoms with Gasteiger partial charge < -0.3 is 28.4 Å². The average Bonchev–Trinajstić information content (AvgIpc) is 2.93. The number of benzene rings is 2. The summed E-state index contributed by atoms with van der Waals surface area (Å²) in [6.45, 7) is 9.22. The van der Waals surface area contributed by atoms with Crippen molar-refractivity contribution < 1.29 is 47.6 Å². The van der Waals surface area contributed by atoms with Crippen molar-refractivity contribution in [2.75, 3.05) is 19.8 Å². The van der Waals surface area contributed by atoms with E-state index < -0.39 is 54.4 Å². The van der Waals surface area contributed by atoms with E-state index >= 15 is 0 Å². The van der Waals surface area contributed by atoms with Crippen LogP contribution in [0.2, 0.25) is 5.02 Å². The standard InChI is InChI=1S/C32H37ClO10/c1-6-14-38-15-13-23-7-9-24(10-8-23)16-26-17-25(11-12-27(26)33)29-31(41-21(4)36)32(42-22(5)37)30(40-20(3)35)28(43-29)18-39-19(2)34/h6-12,17,28-32H,1,13-16,18H2,2-5H3/t28?,29-,30?,31-,32?/m0/s1. The van der Waals surface area contributed by atoms with Gasteiger partial charge in [-0.25, -0.2) is 0 Å². The molecule has 0 bridgehead atoms. The first-order chi connectivity index (χ1) is 20.5. The van der Waals surface area contributed by atoms with E-state index in [9.17, 15) is 19.2 Å². The Balaban J connectivity index is 1.95. The molecule has 0 spiro atoms. The van der Waals surface area contributed by atoms with Crippen molar-refractivity contribution in [1.82, 2.24) is 0 Å². The molecule has 3 rings (SSSR count). The fourth-order valence-electron chi connectivity index (χ4n) is 4.80. The summed E-state index contributed by atoms with van der Waals surface area (Å²) in [5.74, 6) is -2.64. The van der Waals surface area contributed by atoms with E-state index in [-0.39, 0.29) is 6.61 Å². The van der Waals surface area contributed by atoms with Crippen molar-refractivity contribution in [2.45, 2.75) is 71.1 Å². The van der Waals surface area contributed by atoms with Gasteiger partial charge in [0.2, 0.25) is 0 Å². The Bertz CT molecular complexity index is 1290. The van der Waals surface area contributed by atoms with Crippen molar-refractivity contribution in [2.24, 2.45) is 0 Å². The van der Waals surface area contributed by atoms with Crippen molar-refractivity contribution in [3.05, 3.63) is 82.4 Å². The fourth-order valence-corrected chi connectivity index (χ4v) is 4.99. The summed E-state index contributed by atoms with van der Waals surface area (Å²) in [6.07, 6.45) is -2.75. The van der Waals surface area contributed by atoms with Gasteiger partial charge in [-0.1, -0.05) is 54.1 Å². The lowest BCUT2D eigenvalue weighted by atomic mass is 9.89. The smallest absolute Gasteiger partial charge is 0.303 e. The van der Waals surface area contributed by atoms with Crippen LogP contribution in [0.3, 0.4) is 0 Å². The van der Waals surface area contributed by atoms with Gasteiger partial charge in [0, 0.05) is 32.7 Å². The molecule has 0 aliphatic carbocycles. The molecule has 232 valence electrons. The van der Waals surface area contributed by atoms with Crippen molar-refractivity contribution >= 4 is 35.5 Å². The van der Waals surface area contributed by atoms with Gasteiger partial charge in [0.25, 0.3) is 0 Å². The molecule has 0 aromatic heterocycles. The predicted molar refractivity (Wildman–Crippen MR) is 156 cm³/mol. The molecule has 1 heterocycles. The summed E-state index contributed by atoms with van der Waals surface area (Å²) >= 11 is 6.59. The van der Waals surface area contributed by atoms with Crippen LogP contribution < -0.4 is 0 Å². The highest BCUT2D eigenvalue weighted by atomic mass is 35.5. The molecule has 2 aromatic rings. The predicted octanol–water partition coefficient (Wildman–Crippen LogP) is 4.47. The van der Waals surface area contributed by atoms with Gasteiger partial charge in [0.15, 0.2) is 18.3 Å². The molecule has 5 atom stereocenters. The molecule has 2 aromatic carbocycles. The molecule has 11 heteroatoms. The molecule has 10 nitrogen and oxygen atoms in total. The summed E-state index contributed by atoms with van der Waals surface area (Å²) in [5, 5.41) is 0.510. The van der Waals surface area contributed by atoms with Crippen LogP contribution in [0.4, 0.5) is 0 Å². The van der Waals surface area contributed by atoms with Crippen LogP contribution in [0.1, 0.15) is 56.1 Å². The van der Waals surface area contributed by atoms with Crippen LogP contribution in [0.25, 0.3) is 0 Å². The van der Waals surface area contributed by atoms with E-state index in [1.54, 1.807) is 18.2 Å². The van der Waals surface area contributed by atoms with Gasteiger partial charge >= 0.3 is 23.9 Å². The van der Waals surface area contributed by atoms with E-state index in [2.05, 4.69) is 6.58 Å². The molecule has 0 saturated carbocycles. The summed E-state index contributed by atoms with van der Waals surface area (Å²) in [4.78, 5) is 48.0. The topological polar surface area (TPSA) is 124 Å². The number of esters is 4. The number of rotatable bonds is 13. The molecular weight excluding hydrogens is 580 g/mol. The van der Waals surface area contributed by atoms with E-state index in [1.807, 2.05) is 30.3 Å². The zero-order valence-electron chi connectivity index (χ0n) is 24.7. The van der Waals surface area contributed by atoms with Crippen molar-refractivity contribution in [3.63, 3.8) is 0 Å². The monoisotopic (exact) mass is 616 g/mol. The first-order valence-electron chi connectivity index (χ1n) is 13.8. The lowest BCUT2D eigenvalue weighted by Gasteiger charge is -2.44. The minimum atomic E-state index is -1.26. The average molecular weight is 617 g/mol. The Morgan fingerprint density at radius 2 is 1.44 bits per heavy atom. The third kappa shape index (κ3) is 10.2. The first kappa shape index (κ1) is 33.8. The molecule has 0 amide bonds. The highest BCUT2D eigenvalue weighted by Gasteiger charge is 2.52. The van der Waals surface area contributed by atoms with Gasteiger partial charge in [-0.15, -0.1) is 6.58 Å². The maximum atomic E-state index is 12.2. The third-order valence-corrected chi connectivity index (χ3v) is 6.95. The molecule has 1 aliphatic rings. The number of hydrogen-bond acceptors (Lipinski definition) is 10. The van der Waals surface area contributed by atoms with Crippen molar-refractivity contribution in [3.8, 4) is 0 Å². The summed E-state index contributed by atoms with van der Waals surface area (Å²) in [6, 6.07) is 13.3. The molecule has 1 fully saturated rings. The maximum absolute atomic E-state index is 12.2. The third-order valence-electron chi connectivity index (χ3n) is 6.58. The minimum Gasteiger partial charge on any atom is -0.463 e. The van der Waals surface area contributed by atoms with Gasteiger partial charge in [-0.2, -0.15) is 0 Å². The highest BCUT2D eigenvalue weighted by molar-refractivity contribution is 6.31. The Labute approximate surface area is 256 Å². The molecule has 0 radical (unpaired) electrons. The van der Waals surface area contributed by atoms with Gasteiger partial charge in [-0.3, -0.25) is 19.2 Å². The van der Waals surface area contributed by atoms with Gasteiger partial charge in [0.05, 0.1) is 13.2 Å². The van der Waals surface area contributed by atoms with Gasteiger partial charge in [0.1, 0.15) is 18.8 Å². The molecular formula is C32H37ClO10. The summed E-state index contributed by atoms with van der Waals surface area (Å²) in [7, 11) is 0. The van der Waals surface area contributed by atoms with Crippen LogP contribution >= 0.6 is 11.6 Å². The summed E-state index contributed by atoms with van der Waals surface area (Å²) in [5.41, 5.74) is 3.48. The number of hydrogen-bond donors (Lipinski definition) is 0. The van der Waals surface area contributed by atoms with Crippen LogP contribution in [-0.4, -0.2) is 68.1 Å². The zero-order valence-corrected chi connectivity index (χ0v) is 25.5. The molecule has 1 saturated heterocycles. The Hall–Kier alpha value is -3.73. The van der Waals surface area contributed by atoms with Gasteiger partial charge in [-0.05, 0) is 41.2 Å². The lowest BCUT2D eigenvalue weighted by Crippen LogP contribution is -2.59. The lowest BCUT2D eigenvalue weighted by molar-refractivity contribution is -0.254. The SMILES string of the molecule is C=CCOCCc1ccc(Cc2cc([C@@H]3OC(COC(C)=O)C(OC(C)=O)C(OC(C)=O)[C@H]3OC(C)=O)ccc2Cl)cc1. The van der Waals surface area contributed by atoms with Crippen LogP contribution in [0.5, 0.6) is 0 Å². The molecule has 3 unspecified atom stereocenters. The van der Waals surface area contributed by atoms with E-state index in [0.717, 1.165) is 23.1 Å². The Morgan fingerprint density at radius 1 is 0.837 bits per heavy atom.